The van der Waals surface area contributed by atoms with E-state index in [1.807, 2.05) is 25.1 Å². The summed E-state index contributed by atoms with van der Waals surface area (Å²) in [6.07, 6.45) is 0.849. The fourth-order valence-corrected chi connectivity index (χ4v) is 1.57. The van der Waals surface area contributed by atoms with E-state index in [1.165, 1.54) is 0 Å². The van der Waals surface area contributed by atoms with E-state index >= 15 is 0 Å². The number of rotatable bonds is 6. The minimum absolute atomic E-state index is 0.0428. The fraction of sp³-hybridized carbons (Fsp3) is 0.462. The topological polar surface area (TPSA) is 58.6 Å². The number of aliphatic hydroxyl groups is 1. The molecule has 94 valence electrons. The van der Waals surface area contributed by atoms with E-state index in [-0.39, 0.29) is 12.5 Å². The molecule has 0 saturated carbocycles. The summed E-state index contributed by atoms with van der Waals surface area (Å²) in [5.41, 5.74) is 2.09. The van der Waals surface area contributed by atoms with Gasteiger partial charge < -0.3 is 15.2 Å². The Morgan fingerprint density at radius 2 is 2.24 bits per heavy atom. The van der Waals surface area contributed by atoms with Crippen molar-refractivity contribution in [3.8, 4) is 5.75 Å². The van der Waals surface area contributed by atoms with E-state index in [4.69, 9.17) is 9.84 Å². The minimum atomic E-state index is -0.0531. The summed E-state index contributed by atoms with van der Waals surface area (Å²) >= 11 is 0. The third kappa shape index (κ3) is 4.44. The molecule has 0 spiro atoms. The Morgan fingerprint density at radius 3 is 2.88 bits per heavy atom. The zero-order valence-electron chi connectivity index (χ0n) is 10.3. The van der Waals surface area contributed by atoms with Crippen molar-refractivity contribution in [3.05, 3.63) is 29.3 Å². The van der Waals surface area contributed by atoms with Crippen LogP contribution in [0.1, 0.15) is 24.0 Å². The number of ether oxygens (including phenoxy) is 1. The Kier molecular flexibility index (Phi) is 5.49. The van der Waals surface area contributed by atoms with Crippen molar-refractivity contribution in [2.45, 2.75) is 26.3 Å². The van der Waals surface area contributed by atoms with Gasteiger partial charge in [0.2, 0.25) is 5.91 Å². The number of hydrogen-bond donors (Lipinski definition) is 2. The van der Waals surface area contributed by atoms with Crippen LogP contribution in [0.4, 0.5) is 0 Å². The Morgan fingerprint density at radius 1 is 1.47 bits per heavy atom. The largest absolute Gasteiger partial charge is 0.496 e. The molecule has 0 aliphatic carbocycles. The van der Waals surface area contributed by atoms with E-state index < -0.39 is 0 Å². The average molecular weight is 237 g/mol. The van der Waals surface area contributed by atoms with Gasteiger partial charge in [-0.25, -0.2) is 0 Å². The second-order valence-electron chi connectivity index (χ2n) is 3.92. The molecule has 0 radical (unpaired) electrons. The van der Waals surface area contributed by atoms with E-state index in [9.17, 15) is 4.79 Å². The van der Waals surface area contributed by atoms with Crippen molar-refractivity contribution < 1.29 is 14.6 Å². The molecule has 0 bridgehead atoms. The summed E-state index contributed by atoms with van der Waals surface area (Å²) in [5.74, 6) is 0.723. The smallest absolute Gasteiger partial charge is 0.220 e. The summed E-state index contributed by atoms with van der Waals surface area (Å²) in [6, 6.07) is 5.85. The number of carbonyl (C=O) groups excluding carboxylic acids is 1. The number of carbonyl (C=O) groups is 1. The molecule has 4 nitrogen and oxygen atoms in total. The van der Waals surface area contributed by atoms with Crippen LogP contribution < -0.4 is 10.1 Å². The second-order valence-corrected chi connectivity index (χ2v) is 3.92. The van der Waals surface area contributed by atoms with Crippen molar-refractivity contribution in [1.29, 1.82) is 0 Å². The van der Waals surface area contributed by atoms with E-state index in [0.29, 0.717) is 19.4 Å². The van der Waals surface area contributed by atoms with Gasteiger partial charge in [-0.05, 0) is 19.4 Å². The van der Waals surface area contributed by atoms with Gasteiger partial charge in [0.25, 0.3) is 0 Å². The van der Waals surface area contributed by atoms with Gasteiger partial charge in [0, 0.05) is 25.1 Å². The van der Waals surface area contributed by atoms with Crippen LogP contribution in [0.25, 0.3) is 0 Å². The van der Waals surface area contributed by atoms with Crippen molar-refractivity contribution in [2.24, 2.45) is 0 Å². The quantitative estimate of drug-likeness (QED) is 0.786. The normalized spacial score (nSPS) is 10.1. The molecule has 1 rings (SSSR count). The first-order valence-electron chi connectivity index (χ1n) is 5.68. The van der Waals surface area contributed by atoms with Gasteiger partial charge >= 0.3 is 0 Å². The van der Waals surface area contributed by atoms with Crippen LogP contribution in [0.15, 0.2) is 18.2 Å². The Bertz CT molecular complexity index is 377. The Balaban J connectivity index is 2.56. The zero-order chi connectivity index (χ0) is 12.7. The first-order valence-corrected chi connectivity index (χ1v) is 5.68. The minimum Gasteiger partial charge on any atom is -0.496 e. The zero-order valence-corrected chi connectivity index (χ0v) is 10.3. The lowest BCUT2D eigenvalue weighted by atomic mass is 10.1. The van der Waals surface area contributed by atoms with Crippen molar-refractivity contribution in [2.75, 3.05) is 13.7 Å². The van der Waals surface area contributed by atoms with Gasteiger partial charge in [-0.15, -0.1) is 0 Å². The molecular formula is C13H19NO3. The number of benzene rings is 1. The maximum atomic E-state index is 11.4. The molecular weight excluding hydrogens is 218 g/mol. The SMILES string of the molecule is COc1ccc(C)cc1CNC(=O)CCCO. The maximum absolute atomic E-state index is 11.4. The highest BCUT2D eigenvalue weighted by Gasteiger charge is 2.05. The highest BCUT2D eigenvalue weighted by molar-refractivity contribution is 5.75. The van der Waals surface area contributed by atoms with Crippen LogP contribution >= 0.6 is 0 Å². The molecule has 0 aliphatic rings. The number of methoxy groups -OCH3 is 1. The molecule has 17 heavy (non-hydrogen) atoms. The van der Waals surface area contributed by atoms with Gasteiger partial charge in [0.1, 0.15) is 5.75 Å². The second kappa shape index (κ2) is 6.91. The number of aliphatic hydroxyl groups excluding tert-OH is 1. The number of aryl methyl sites for hydroxylation is 1. The first kappa shape index (κ1) is 13.5. The highest BCUT2D eigenvalue weighted by atomic mass is 16.5. The molecule has 2 N–H and O–H groups in total. The van der Waals surface area contributed by atoms with Crippen LogP contribution in [0.3, 0.4) is 0 Å². The predicted molar refractivity (Wildman–Crippen MR) is 65.9 cm³/mol. The highest BCUT2D eigenvalue weighted by Crippen LogP contribution is 2.19. The molecule has 1 aromatic rings. The van der Waals surface area contributed by atoms with Gasteiger partial charge in [-0.2, -0.15) is 0 Å². The summed E-state index contributed by atoms with van der Waals surface area (Å²) in [7, 11) is 1.61. The first-order chi connectivity index (χ1) is 8.17. The van der Waals surface area contributed by atoms with Gasteiger partial charge in [-0.3, -0.25) is 4.79 Å². The van der Waals surface area contributed by atoms with Crippen molar-refractivity contribution in [3.63, 3.8) is 0 Å². The summed E-state index contributed by atoms with van der Waals surface area (Å²) in [6.45, 7) is 2.49. The lowest BCUT2D eigenvalue weighted by Gasteiger charge is -2.10. The average Bonchev–Trinajstić information content (AvgIpc) is 2.34. The summed E-state index contributed by atoms with van der Waals surface area (Å²) in [4.78, 5) is 11.4. The number of nitrogens with one attached hydrogen (secondary N) is 1. The molecule has 0 saturated heterocycles. The Labute approximate surface area is 102 Å². The van der Waals surface area contributed by atoms with Crippen molar-refractivity contribution in [1.82, 2.24) is 5.32 Å². The summed E-state index contributed by atoms with van der Waals surface area (Å²) in [5, 5.41) is 11.4. The van der Waals surface area contributed by atoms with Gasteiger partial charge in [0.15, 0.2) is 0 Å². The predicted octanol–water partition coefficient (Wildman–Crippen LogP) is 1.39. The Hall–Kier alpha value is -1.55. The van der Waals surface area contributed by atoms with E-state index in [1.54, 1.807) is 7.11 Å². The van der Waals surface area contributed by atoms with Crippen LogP contribution in [0, 0.1) is 6.92 Å². The molecule has 4 heteroatoms. The van der Waals surface area contributed by atoms with Crippen LogP contribution in [0.2, 0.25) is 0 Å². The molecule has 0 aromatic heterocycles. The molecule has 1 aromatic carbocycles. The van der Waals surface area contributed by atoms with E-state index in [0.717, 1.165) is 16.9 Å². The molecule has 0 aliphatic heterocycles. The van der Waals surface area contributed by atoms with Gasteiger partial charge in [0.05, 0.1) is 7.11 Å². The van der Waals surface area contributed by atoms with Crippen LogP contribution in [0.5, 0.6) is 5.75 Å². The van der Waals surface area contributed by atoms with Gasteiger partial charge in [-0.1, -0.05) is 17.7 Å². The molecule has 0 fully saturated rings. The molecule has 0 atom stereocenters. The molecule has 1 amide bonds. The monoisotopic (exact) mass is 237 g/mol. The lowest BCUT2D eigenvalue weighted by molar-refractivity contribution is -0.121. The standard InChI is InChI=1S/C13H19NO3/c1-10-5-6-12(17-2)11(8-10)9-14-13(16)4-3-7-15/h5-6,8,15H,3-4,7,9H2,1-2H3,(H,14,16). The number of amides is 1. The lowest BCUT2D eigenvalue weighted by Crippen LogP contribution is -2.23. The third-order valence-electron chi connectivity index (χ3n) is 2.47. The van der Waals surface area contributed by atoms with Crippen molar-refractivity contribution >= 4 is 5.91 Å². The maximum Gasteiger partial charge on any atom is 0.220 e. The number of hydrogen-bond acceptors (Lipinski definition) is 3. The van der Waals surface area contributed by atoms with E-state index in [2.05, 4.69) is 5.32 Å². The van der Waals surface area contributed by atoms with Crippen LogP contribution in [-0.2, 0) is 11.3 Å². The third-order valence-corrected chi connectivity index (χ3v) is 2.47. The summed E-state index contributed by atoms with van der Waals surface area (Å²) < 4.78 is 5.22. The van der Waals surface area contributed by atoms with Crippen LogP contribution in [-0.4, -0.2) is 24.7 Å². The fourth-order valence-electron chi connectivity index (χ4n) is 1.57. The molecule has 0 unspecified atom stereocenters. The molecule has 0 heterocycles.